The number of carbonyl (C=O) groups is 1. The predicted octanol–water partition coefficient (Wildman–Crippen LogP) is 1.52. The third kappa shape index (κ3) is 4.50. The van der Waals surface area contributed by atoms with Gasteiger partial charge in [0, 0.05) is 6.42 Å². The lowest BCUT2D eigenvalue weighted by Gasteiger charge is -2.20. The van der Waals surface area contributed by atoms with Crippen molar-refractivity contribution in [3.63, 3.8) is 0 Å². The van der Waals surface area contributed by atoms with E-state index in [1.54, 1.807) is 6.92 Å². The Hall–Kier alpha value is -0.370. The van der Waals surface area contributed by atoms with E-state index >= 15 is 0 Å². The van der Waals surface area contributed by atoms with E-state index in [0.29, 0.717) is 6.42 Å². The molecule has 0 spiro atoms. The Kier molecular flexibility index (Phi) is 3.58. The zero-order valence-electron chi connectivity index (χ0n) is 6.98. The van der Waals surface area contributed by atoms with Crippen LogP contribution >= 0.6 is 0 Å². The minimum atomic E-state index is -0.777. The number of rotatable bonds is 4. The van der Waals surface area contributed by atoms with Crippen LogP contribution in [0.1, 0.15) is 40.0 Å². The lowest BCUT2D eigenvalue weighted by Crippen LogP contribution is -2.26. The molecule has 60 valence electrons. The zero-order valence-corrected chi connectivity index (χ0v) is 6.98. The number of aliphatic hydroxyl groups is 1. The summed E-state index contributed by atoms with van der Waals surface area (Å²) >= 11 is 0. The monoisotopic (exact) mass is 144 g/mol. The van der Waals surface area contributed by atoms with Crippen LogP contribution in [0.3, 0.4) is 0 Å². The molecule has 0 saturated carbocycles. The highest BCUT2D eigenvalue weighted by Gasteiger charge is 2.20. The summed E-state index contributed by atoms with van der Waals surface area (Å²) in [5, 5.41) is 9.46. The Labute approximate surface area is 62.2 Å². The lowest BCUT2D eigenvalue weighted by molar-refractivity contribution is -0.121. The molecule has 0 aromatic heterocycles. The van der Waals surface area contributed by atoms with Gasteiger partial charge in [-0.2, -0.15) is 0 Å². The van der Waals surface area contributed by atoms with Gasteiger partial charge in [0.25, 0.3) is 0 Å². The summed E-state index contributed by atoms with van der Waals surface area (Å²) in [5.41, 5.74) is -0.777. The van der Waals surface area contributed by atoms with Crippen molar-refractivity contribution in [2.75, 3.05) is 0 Å². The summed E-state index contributed by atoms with van der Waals surface area (Å²) in [6.45, 7) is 5.20. The summed E-state index contributed by atoms with van der Waals surface area (Å²) in [6.07, 6.45) is 1.90. The largest absolute Gasteiger partial charge is 0.390 e. The molecule has 0 aromatic rings. The van der Waals surface area contributed by atoms with Crippen molar-refractivity contribution in [1.29, 1.82) is 0 Å². The molecule has 1 unspecified atom stereocenters. The molecule has 0 aliphatic carbocycles. The van der Waals surface area contributed by atoms with Crippen molar-refractivity contribution < 1.29 is 9.90 Å². The van der Waals surface area contributed by atoms with Crippen molar-refractivity contribution in [1.82, 2.24) is 0 Å². The molecule has 0 heterocycles. The third-order valence-corrected chi connectivity index (χ3v) is 1.42. The van der Waals surface area contributed by atoms with E-state index in [1.807, 2.05) is 6.92 Å². The molecule has 1 N–H and O–H groups in total. The second-order valence-corrected chi connectivity index (χ2v) is 3.13. The summed E-state index contributed by atoms with van der Waals surface area (Å²) in [5.74, 6) is 0.0541. The molecule has 0 saturated heterocycles. The van der Waals surface area contributed by atoms with Crippen LogP contribution in [0.15, 0.2) is 0 Å². The standard InChI is InChI=1S/C8H16O2/c1-4-5-8(3,10)6-7(2)9/h10H,4-6H2,1-3H3. The Morgan fingerprint density at radius 3 is 2.40 bits per heavy atom. The minimum absolute atomic E-state index is 0.0541. The Morgan fingerprint density at radius 2 is 2.10 bits per heavy atom. The Balaban J connectivity index is 3.74. The normalized spacial score (nSPS) is 16.4. The average Bonchev–Trinajstić information content (AvgIpc) is 1.59. The number of Topliss-reactive ketones (excluding diaryl/α,β-unsaturated/α-hetero) is 1. The van der Waals surface area contributed by atoms with E-state index < -0.39 is 5.60 Å². The SMILES string of the molecule is CCCC(C)(O)CC(C)=O. The zero-order chi connectivity index (χ0) is 8.20. The van der Waals surface area contributed by atoms with Gasteiger partial charge in [-0.05, 0) is 20.3 Å². The van der Waals surface area contributed by atoms with Crippen LogP contribution in [0.4, 0.5) is 0 Å². The highest BCUT2D eigenvalue weighted by atomic mass is 16.3. The first-order chi connectivity index (χ1) is 4.48. The van der Waals surface area contributed by atoms with Gasteiger partial charge in [-0.3, -0.25) is 4.79 Å². The van der Waals surface area contributed by atoms with Crippen LogP contribution in [-0.4, -0.2) is 16.5 Å². The maximum Gasteiger partial charge on any atom is 0.132 e. The predicted molar refractivity (Wildman–Crippen MR) is 40.8 cm³/mol. The summed E-state index contributed by atoms with van der Waals surface area (Å²) < 4.78 is 0. The molecule has 0 aliphatic rings. The summed E-state index contributed by atoms with van der Waals surface area (Å²) in [4.78, 5) is 10.6. The van der Waals surface area contributed by atoms with Gasteiger partial charge in [-0.25, -0.2) is 0 Å². The number of carbonyl (C=O) groups excluding carboxylic acids is 1. The number of ketones is 1. The molecular formula is C8H16O2. The quantitative estimate of drug-likeness (QED) is 0.649. The molecule has 0 rings (SSSR count). The Bertz CT molecular complexity index is 116. The van der Waals surface area contributed by atoms with Crippen molar-refractivity contribution in [2.45, 2.75) is 45.6 Å². The molecule has 2 nitrogen and oxygen atoms in total. The fraction of sp³-hybridized carbons (Fsp3) is 0.875. The van der Waals surface area contributed by atoms with Gasteiger partial charge in [-0.15, -0.1) is 0 Å². The van der Waals surface area contributed by atoms with E-state index in [0.717, 1.165) is 6.42 Å². The van der Waals surface area contributed by atoms with Gasteiger partial charge >= 0.3 is 0 Å². The molecule has 0 bridgehead atoms. The van der Waals surface area contributed by atoms with E-state index in [4.69, 9.17) is 0 Å². The fourth-order valence-corrected chi connectivity index (χ4v) is 1.16. The Morgan fingerprint density at radius 1 is 1.60 bits per heavy atom. The van der Waals surface area contributed by atoms with E-state index in [-0.39, 0.29) is 12.2 Å². The highest BCUT2D eigenvalue weighted by Crippen LogP contribution is 2.16. The van der Waals surface area contributed by atoms with Crippen molar-refractivity contribution in [2.24, 2.45) is 0 Å². The third-order valence-electron chi connectivity index (χ3n) is 1.42. The second-order valence-electron chi connectivity index (χ2n) is 3.13. The van der Waals surface area contributed by atoms with Crippen LogP contribution in [0.2, 0.25) is 0 Å². The fourth-order valence-electron chi connectivity index (χ4n) is 1.16. The minimum Gasteiger partial charge on any atom is -0.390 e. The van der Waals surface area contributed by atoms with Gasteiger partial charge in [0.15, 0.2) is 0 Å². The average molecular weight is 144 g/mol. The number of hydrogen-bond donors (Lipinski definition) is 1. The maximum absolute atomic E-state index is 10.6. The molecule has 0 aliphatic heterocycles. The topological polar surface area (TPSA) is 37.3 Å². The van der Waals surface area contributed by atoms with Gasteiger partial charge in [0.1, 0.15) is 5.78 Å². The molecule has 10 heavy (non-hydrogen) atoms. The number of hydrogen-bond acceptors (Lipinski definition) is 2. The first-order valence-electron chi connectivity index (χ1n) is 3.70. The van der Waals surface area contributed by atoms with Crippen molar-refractivity contribution in [3.05, 3.63) is 0 Å². The van der Waals surface area contributed by atoms with Crippen molar-refractivity contribution >= 4 is 5.78 Å². The summed E-state index contributed by atoms with van der Waals surface area (Å²) in [6, 6.07) is 0. The molecule has 0 amide bonds. The van der Waals surface area contributed by atoms with Gasteiger partial charge in [0.2, 0.25) is 0 Å². The van der Waals surface area contributed by atoms with E-state index in [1.165, 1.54) is 6.92 Å². The molecular weight excluding hydrogens is 128 g/mol. The molecule has 1 atom stereocenters. The maximum atomic E-state index is 10.6. The smallest absolute Gasteiger partial charge is 0.132 e. The molecule has 0 radical (unpaired) electrons. The van der Waals surface area contributed by atoms with Crippen LogP contribution in [0, 0.1) is 0 Å². The summed E-state index contributed by atoms with van der Waals surface area (Å²) in [7, 11) is 0. The van der Waals surface area contributed by atoms with Gasteiger partial charge in [-0.1, -0.05) is 13.3 Å². The lowest BCUT2D eigenvalue weighted by atomic mass is 9.95. The first-order valence-corrected chi connectivity index (χ1v) is 3.70. The van der Waals surface area contributed by atoms with Crippen LogP contribution < -0.4 is 0 Å². The van der Waals surface area contributed by atoms with Crippen molar-refractivity contribution in [3.8, 4) is 0 Å². The van der Waals surface area contributed by atoms with E-state index in [9.17, 15) is 9.90 Å². The van der Waals surface area contributed by atoms with Crippen LogP contribution in [0.5, 0.6) is 0 Å². The molecule has 0 aromatic carbocycles. The molecule has 0 fully saturated rings. The second kappa shape index (κ2) is 3.71. The van der Waals surface area contributed by atoms with Gasteiger partial charge < -0.3 is 5.11 Å². The van der Waals surface area contributed by atoms with Crippen LogP contribution in [0.25, 0.3) is 0 Å². The molecule has 2 heteroatoms. The van der Waals surface area contributed by atoms with E-state index in [2.05, 4.69) is 0 Å². The van der Waals surface area contributed by atoms with Gasteiger partial charge in [0.05, 0.1) is 5.60 Å². The highest BCUT2D eigenvalue weighted by molar-refractivity contribution is 5.76. The first kappa shape index (κ1) is 9.63. The van der Waals surface area contributed by atoms with Crippen LogP contribution in [-0.2, 0) is 4.79 Å².